The number of H-pyrrole nitrogens is 1. The van der Waals surface area contributed by atoms with Crippen molar-refractivity contribution < 1.29 is 14.7 Å². The molecule has 1 aliphatic heterocycles. The average Bonchev–Trinajstić information content (AvgIpc) is 3.23. The maximum absolute atomic E-state index is 12.5. The van der Waals surface area contributed by atoms with Gasteiger partial charge in [0.1, 0.15) is 11.9 Å². The van der Waals surface area contributed by atoms with Gasteiger partial charge in [-0.05, 0) is 25.0 Å². The molecule has 1 unspecified atom stereocenters. The van der Waals surface area contributed by atoms with Crippen LogP contribution in [0.1, 0.15) is 35.9 Å². The van der Waals surface area contributed by atoms with Crippen molar-refractivity contribution in [2.45, 2.75) is 32.2 Å². The van der Waals surface area contributed by atoms with E-state index in [1.807, 2.05) is 6.92 Å². The Morgan fingerprint density at radius 2 is 2.09 bits per heavy atom. The second-order valence-corrected chi connectivity index (χ2v) is 5.53. The van der Waals surface area contributed by atoms with E-state index >= 15 is 0 Å². The predicted molar refractivity (Wildman–Crippen MR) is 82.9 cm³/mol. The van der Waals surface area contributed by atoms with Gasteiger partial charge in [-0.1, -0.05) is 19.1 Å². The third-order valence-corrected chi connectivity index (χ3v) is 4.06. The minimum atomic E-state index is -0.944. The molecule has 1 fully saturated rings. The zero-order valence-corrected chi connectivity index (χ0v) is 12.8. The molecular weight excluding hydrogens is 296 g/mol. The van der Waals surface area contributed by atoms with Crippen molar-refractivity contribution in [3.63, 3.8) is 0 Å². The van der Waals surface area contributed by atoms with Crippen molar-refractivity contribution >= 4 is 11.9 Å². The van der Waals surface area contributed by atoms with Crippen LogP contribution in [-0.4, -0.2) is 49.7 Å². The fourth-order valence-electron chi connectivity index (χ4n) is 2.78. The number of likely N-dealkylation sites (tertiary alicyclic amines) is 1. The minimum absolute atomic E-state index is 0.245. The monoisotopic (exact) mass is 314 g/mol. The van der Waals surface area contributed by atoms with Crippen LogP contribution >= 0.6 is 0 Å². The summed E-state index contributed by atoms with van der Waals surface area (Å²) >= 11 is 0. The van der Waals surface area contributed by atoms with Gasteiger partial charge < -0.3 is 10.0 Å². The van der Waals surface area contributed by atoms with Crippen molar-refractivity contribution in [3.8, 4) is 11.4 Å². The maximum Gasteiger partial charge on any atom is 0.326 e. The van der Waals surface area contributed by atoms with Gasteiger partial charge in [-0.25, -0.2) is 9.78 Å². The first-order chi connectivity index (χ1) is 11.1. The summed E-state index contributed by atoms with van der Waals surface area (Å²) in [5, 5.41) is 16.2. The number of nitrogens with zero attached hydrogens (tertiary/aromatic N) is 3. The summed E-state index contributed by atoms with van der Waals surface area (Å²) in [5.41, 5.74) is 1.29. The van der Waals surface area contributed by atoms with Gasteiger partial charge >= 0.3 is 5.97 Å². The molecule has 2 aromatic rings. The van der Waals surface area contributed by atoms with Crippen LogP contribution in [0.15, 0.2) is 24.3 Å². The number of aromatic nitrogens is 3. The molecule has 1 aromatic heterocycles. The quantitative estimate of drug-likeness (QED) is 0.895. The summed E-state index contributed by atoms with van der Waals surface area (Å²) in [6, 6.07) is 6.22. The number of nitrogens with one attached hydrogen (secondary N) is 1. The highest BCUT2D eigenvalue weighted by atomic mass is 16.4. The Hall–Kier alpha value is -2.70. The Morgan fingerprint density at radius 1 is 1.35 bits per heavy atom. The summed E-state index contributed by atoms with van der Waals surface area (Å²) in [6.07, 6.45) is 2.00. The molecule has 1 amide bonds. The molecule has 2 N–H and O–H groups in total. The summed E-state index contributed by atoms with van der Waals surface area (Å²) in [6.45, 7) is 2.47. The van der Waals surface area contributed by atoms with E-state index in [-0.39, 0.29) is 5.91 Å². The van der Waals surface area contributed by atoms with E-state index in [4.69, 9.17) is 0 Å². The second-order valence-electron chi connectivity index (χ2n) is 5.53. The Kier molecular flexibility index (Phi) is 4.10. The molecule has 1 atom stereocenters. The molecule has 1 saturated heterocycles. The van der Waals surface area contributed by atoms with Gasteiger partial charge in [-0.3, -0.25) is 9.89 Å². The number of carbonyl (C=O) groups is 2. The van der Waals surface area contributed by atoms with Gasteiger partial charge in [0.2, 0.25) is 0 Å². The molecule has 0 bridgehead atoms. The molecule has 120 valence electrons. The normalized spacial score (nSPS) is 17.4. The van der Waals surface area contributed by atoms with Crippen molar-refractivity contribution in [1.29, 1.82) is 0 Å². The van der Waals surface area contributed by atoms with E-state index in [1.165, 1.54) is 4.90 Å². The predicted octanol–water partition coefficient (Wildman–Crippen LogP) is 1.72. The average molecular weight is 314 g/mol. The van der Waals surface area contributed by atoms with Crippen molar-refractivity contribution in [2.75, 3.05) is 6.54 Å². The van der Waals surface area contributed by atoms with Gasteiger partial charge in [0, 0.05) is 24.1 Å². The number of rotatable bonds is 4. The maximum atomic E-state index is 12.5. The van der Waals surface area contributed by atoms with Crippen LogP contribution in [-0.2, 0) is 11.2 Å². The van der Waals surface area contributed by atoms with Crippen molar-refractivity contribution in [2.24, 2.45) is 0 Å². The number of amides is 1. The highest BCUT2D eigenvalue weighted by molar-refractivity contribution is 5.97. The minimum Gasteiger partial charge on any atom is -0.480 e. The Bertz CT molecular complexity index is 723. The van der Waals surface area contributed by atoms with Gasteiger partial charge in [0.15, 0.2) is 5.82 Å². The summed E-state index contributed by atoms with van der Waals surface area (Å²) in [5.74, 6) is 0.206. The smallest absolute Gasteiger partial charge is 0.326 e. The zero-order chi connectivity index (χ0) is 16.4. The fraction of sp³-hybridized carbons (Fsp3) is 0.375. The van der Waals surface area contributed by atoms with Gasteiger partial charge in [0.05, 0.1) is 0 Å². The molecule has 1 aliphatic rings. The van der Waals surface area contributed by atoms with Crippen LogP contribution in [0.25, 0.3) is 11.4 Å². The number of benzene rings is 1. The van der Waals surface area contributed by atoms with Gasteiger partial charge in [-0.2, -0.15) is 5.10 Å². The number of aliphatic carboxylic acids is 1. The van der Waals surface area contributed by atoms with Crippen molar-refractivity contribution in [1.82, 2.24) is 20.1 Å². The lowest BCUT2D eigenvalue weighted by Gasteiger charge is -2.21. The fourth-order valence-corrected chi connectivity index (χ4v) is 2.78. The molecule has 3 rings (SSSR count). The lowest BCUT2D eigenvalue weighted by Crippen LogP contribution is -2.40. The number of carboxylic acid groups (broad SMARTS) is 1. The lowest BCUT2D eigenvalue weighted by atomic mass is 10.1. The van der Waals surface area contributed by atoms with Gasteiger partial charge in [0.25, 0.3) is 5.91 Å². The number of hydrogen-bond donors (Lipinski definition) is 2. The van der Waals surface area contributed by atoms with E-state index < -0.39 is 12.0 Å². The Morgan fingerprint density at radius 3 is 2.70 bits per heavy atom. The van der Waals surface area contributed by atoms with Gasteiger partial charge in [-0.15, -0.1) is 0 Å². The molecule has 7 heteroatoms. The van der Waals surface area contributed by atoms with E-state index in [1.54, 1.807) is 24.3 Å². The highest BCUT2D eigenvalue weighted by Gasteiger charge is 2.34. The summed E-state index contributed by atoms with van der Waals surface area (Å²) in [4.78, 5) is 29.5. The Labute approximate surface area is 133 Å². The highest BCUT2D eigenvalue weighted by Crippen LogP contribution is 2.22. The van der Waals surface area contributed by atoms with E-state index in [2.05, 4.69) is 15.2 Å². The first kappa shape index (κ1) is 15.2. The second kappa shape index (κ2) is 6.20. The standard InChI is InChI=1S/C16H18N4O3/c1-2-13-17-14(19-18-13)10-5-7-11(8-6-10)15(21)20-9-3-4-12(20)16(22)23/h5-8,12H,2-4,9H2,1H3,(H,22,23)(H,17,18,19). The first-order valence-corrected chi connectivity index (χ1v) is 7.65. The van der Waals surface area contributed by atoms with Crippen LogP contribution in [0.2, 0.25) is 0 Å². The number of carboxylic acids is 1. The van der Waals surface area contributed by atoms with Crippen LogP contribution < -0.4 is 0 Å². The first-order valence-electron chi connectivity index (χ1n) is 7.65. The number of aromatic amines is 1. The molecular formula is C16H18N4O3. The summed E-state index contributed by atoms with van der Waals surface area (Å²) < 4.78 is 0. The molecule has 7 nitrogen and oxygen atoms in total. The molecule has 0 radical (unpaired) electrons. The van der Waals surface area contributed by atoms with Crippen molar-refractivity contribution in [3.05, 3.63) is 35.7 Å². The largest absolute Gasteiger partial charge is 0.480 e. The molecule has 0 spiro atoms. The SMILES string of the molecule is CCc1nc(-c2ccc(C(=O)N3CCCC3C(=O)O)cc2)n[nH]1. The van der Waals surface area contributed by atoms with Crippen LogP contribution in [0.3, 0.4) is 0 Å². The van der Waals surface area contributed by atoms with E-state index in [0.717, 1.165) is 24.2 Å². The number of hydrogen-bond acceptors (Lipinski definition) is 4. The van der Waals surface area contributed by atoms with E-state index in [9.17, 15) is 14.7 Å². The van der Waals surface area contributed by atoms with Crippen LogP contribution in [0, 0.1) is 0 Å². The molecule has 0 aliphatic carbocycles. The third kappa shape index (κ3) is 2.94. The molecule has 0 saturated carbocycles. The molecule has 1 aromatic carbocycles. The third-order valence-electron chi connectivity index (χ3n) is 4.06. The van der Waals surface area contributed by atoms with Crippen LogP contribution in [0.5, 0.6) is 0 Å². The number of carbonyl (C=O) groups excluding carboxylic acids is 1. The molecule has 2 heterocycles. The topological polar surface area (TPSA) is 99.2 Å². The van der Waals surface area contributed by atoms with E-state index in [0.29, 0.717) is 24.4 Å². The lowest BCUT2D eigenvalue weighted by molar-refractivity contribution is -0.141. The number of aryl methyl sites for hydroxylation is 1. The Balaban J connectivity index is 1.79. The molecule has 23 heavy (non-hydrogen) atoms. The van der Waals surface area contributed by atoms with Crippen LogP contribution in [0.4, 0.5) is 0 Å². The summed E-state index contributed by atoms with van der Waals surface area (Å²) in [7, 11) is 0. The zero-order valence-electron chi connectivity index (χ0n) is 12.8.